The Hall–Kier alpha value is -1.20. The van der Waals surface area contributed by atoms with E-state index in [4.69, 9.17) is 0 Å². The van der Waals surface area contributed by atoms with Gasteiger partial charge < -0.3 is 10.6 Å². The van der Waals surface area contributed by atoms with Crippen LogP contribution < -0.4 is 10.6 Å². The number of fused-ring (bicyclic) bond motifs is 1. The van der Waals surface area contributed by atoms with Crippen LogP contribution in [-0.2, 0) is 6.42 Å². The second-order valence-electron chi connectivity index (χ2n) is 5.06. The number of rotatable bonds is 3. The molecule has 0 saturated carbocycles. The second-order valence-corrected chi connectivity index (χ2v) is 6.26. The van der Waals surface area contributed by atoms with Crippen LogP contribution in [0.2, 0.25) is 0 Å². The highest BCUT2D eigenvalue weighted by atomic mass is 32.1. The standard InChI is InChI=1S/C14H20N4S/c1-3-11-9(2)19-14-12(11)13(16-8-17-14)18-10-4-6-15-7-5-10/h8,10,15H,3-7H2,1-2H3,(H,16,17,18). The minimum absolute atomic E-state index is 0.532. The van der Waals surface area contributed by atoms with Gasteiger partial charge in [0.2, 0.25) is 0 Å². The fourth-order valence-electron chi connectivity index (χ4n) is 2.80. The summed E-state index contributed by atoms with van der Waals surface area (Å²) < 4.78 is 0. The van der Waals surface area contributed by atoms with Crippen molar-refractivity contribution < 1.29 is 0 Å². The topological polar surface area (TPSA) is 49.8 Å². The van der Waals surface area contributed by atoms with Crippen molar-refractivity contribution >= 4 is 27.4 Å². The van der Waals surface area contributed by atoms with Crippen LogP contribution in [-0.4, -0.2) is 29.1 Å². The van der Waals surface area contributed by atoms with Crippen LogP contribution in [0.3, 0.4) is 0 Å². The molecule has 0 radical (unpaired) electrons. The maximum absolute atomic E-state index is 4.49. The molecule has 1 saturated heterocycles. The van der Waals surface area contributed by atoms with Gasteiger partial charge in [0.15, 0.2) is 0 Å². The molecule has 3 rings (SSSR count). The molecular weight excluding hydrogens is 256 g/mol. The minimum Gasteiger partial charge on any atom is -0.367 e. The molecule has 3 heterocycles. The number of nitrogens with one attached hydrogen (secondary N) is 2. The quantitative estimate of drug-likeness (QED) is 0.905. The number of aryl methyl sites for hydroxylation is 2. The number of hydrogen-bond acceptors (Lipinski definition) is 5. The third-order valence-corrected chi connectivity index (χ3v) is 4.88. The highest BCUT2D eigenvalue weighted by molar-refractivity contribution is 7.18. The molecule has 1 aliphatic heterocycles. The number of anilines is 1. The van der Waals surface area contributed by atoms with Gasteiger partial charge in [0.05, 0.1) is 5.39 Å². The van der Waals surface area contributed by atoms with Crippen LogP contribution in [0.15, 0.2) is 6.33 Å². The van der Waals surface area contributed by atoms with E-state index in [1.54, 1.807) is 17.7 Å². The lowest BCUT2D eigenvalue weighted by atomic mass is 10.1. The van der Waals surface area contributed by atoms with Gasteiger partial charge >= 0.3 is 0 Å². The van der Waals surface area contributed by atoms with E-state index in [1.165, 1.54) is 15.8 Å². The summed E-state index contributed by atoms with van der Waals surface area (Å²) >= 11 is 1.78. The third kappa shape index (κ3) is 2.44. The van der Waals surface area contributed by atoms with Crippen molar-refractivity contribution in [1.29, 1.82) is 0 Å². The summed E-state index contributed by atoms with van der Waals surface area (Å²) in [5.74, 6) is 1.03. The number of hydrogen-bond donors (Lipinski definition) is 2. The van der Waals surface area contributed by atoms with Crippen LogP contribution in [0.5, 0.6) is 0 Å². The maximum atomic E-state index is 4.49. The Bertz CT molecular complexity index is 572. The lowest BCUT2D eigenvalue weighted by molar-refractivity contribution is 0.478. The molecule has 0 bridgehead atoms. The van der Waals surface area contributed by atoms with Gasteiger partial charge in [-0.1, -0.05) is 6.92 Å². The molecular formula is C14H20N4S. The van der Waals surface area contributed by atoms with Gasteiger partial charge in [-0.25, -0.2) is 9.97 Å². The summed E-state index contributed by atoms with van der Waals surface area (Å²) in [6.07, 6.45) is 5.05. The molecule has 1 aliphatic rings. The number of aromatic nitrogens is 2. The van der Waals surface area contributed by atoms with Crippen molar-refractivity contribution in [2.24, 2.45) is 0 Å². The van der Waals surface area contributed by atoms with Crippen molar-refractivity contribution in [2.45, 2.75) is 39.2 Å². The molecule has 0 aromatic carbocycles. The van der Waals surface area contributed by atoms with E-state index in [0.717, 1.165) is 43.0 Å². The van der Waals surface area contributed by atoms with E-state index < -0.39 is 0 Å². The SMILES string of the molecule is CCc1c(C)sc2ncnc(NC3CCNCC3)c12. The van der Waals surface area contributed by atoms with Crippen LogP contribution >= 0.6 is 11.3 Å². The predicted molar refractivity (Wildman–Crippen MR) is 81.0 cm³/mol. The average molecular weight is 276 g/mol. The lowest BCUT2D eigenvalue weighted by Gasteiger charge is -2.24. The molecule has 2 aromatic heterocycles. The van der Waals surface area contributed by atoms with Gasteiger partial charge in [0.1, 0.15) is 17.0 Å². The molecule has 0 spiro atoms. The summed E-state index contributed by atoms with van der Waals surface area (Å²) in [5.41, 5.74) is 1.40. The first-order valence-electron chi connectivity index (χ1n) is 6.99. The van der Waals surface area contributed by atoms with Gasteiger partial charge in [0.25, 0.3) is 0 Å². The molecule has 1 fully saturated rings. The summed E-state index contributed by atoms with van der Waals surface area (Å²) in [6.45, 7) is 6.57. The molecule has 0 aliphatic carbocycles. The number of thiophene rings is 1. The van der Waals surface area contributed by atoms with Crippen LogP contribution in [0.1, 0.15) is 30.2 Å². The van der Waals surface area contributed by atoms with Gasteiger partial charge in [-0.3, -0.25) is 0 Å². The summed E-state index contributed by atoms with van der Waals surface area (Å²) in [4.78, 5) is 11.4. The van der Waals surface area contributed by atoms with Crippen LogP contribution in [0.25, 0.3) is 10.2 Å². The van der Waals surface area contributed by atoms with Crippen molar-refractivity contribution in [3.63, 3.8) is 0 Å². The van der Waals surface area contributed by atoms with E-state index in [9.17, 15) is 0 Å². The molecule has 5 heteroatoms. The molecule has 0 unspecified atom stereocenters. The number of nitrogens with zero attached hydrogens (tertiary/aromatic N) is 2. The first-order valence-corrected chi connectivity index (χ1v) is 7.81. The Balaban J connectivity index is 1.97. The highest BCUT2D eigenvalue weighted by Crippen LogP contribution is 2.34. The first kappa shape index (κ1) is 12.8. The van der Waals surface area contributed by atoms with Gasteiger partial charge in [0, 0.05) is 10.9 Å². The highest BCUT2D eigenvalue weighted by Gasteiger charge is 2.18. The fourth-order valence-corrected chi connectivity index (χ4v) is 3.88. The Labute approximate surface area is 117 Å². The van der Waals surface area contributed by atoms with E-state index in [0.29, 0.717) is 6.04 Å². The predicted octanol–water partition coefficient (Wildman–Crippen LogP) is 2.73. The van der Waals surface area contributed by atoms with Gasteiger partial charge in [-0.15, -0.1) is 11.3 Å². The normalized spacial score (nSPS) is 16.9. The molecule has 19 heavy (non-hydrogen) atoms. The maximum Gasteiger partial charge on any atom is 0.138 e. The Morgan fingerprint density at radius 2 is 2.16 bits per heavy atom. The van der Waals surface area contributed by atoms with Crippen molar-refractivity contribution in [2.75, 3.05) is 18.4 Å². The van der Waals surface area contributed by atoms with Crippen molar-refractivity contribution in [3.05, 3.63) is 16.8 Å². The van der Waals surface area contributed by atoms with Gasteiger partial charge in [-0.05, 0) is 44.8 Å². The summed E-state index contributed by atoms with van der Waals surface area (Å²) in [5, 5.41) is 8.26. The molecule has 2 aromatic rings. The molecule has 0 amide bonds. The zero-order chi connectivity index (χ0) is 13.2. The van der Waals surface area contributed by atoms with E-state index >= 15 is 0 Å². The monoisotopic (exact) mass is 276 g/mol. The lowest BCUT2D eigenvalue weighted by Crippen LogP contribution is -2.35. The van der Waals surface area contributed by atoms with E-state index in [1.807, 2.05) is 0 Å². The molecule has 4 nitrogen and oxygen atoms in total. The largest absolute Gasteiger partial charge is 0.367 e. The van der Waals surface area contributed by atoms with E-state index in [-0.39, 0.29) is 0 Å². The Morgan fingerprint density at radius 3 is 2.89 bits per heavy atom. The molecule has 0 atom stereocenters. The molecule has 2 N–H and O–H groups in total. The zero-order valence-corrected chi connectivity index (χ0v) is 12.3. The van der Waals surface area contributed by atoms with Gasteiger partial charge in [-0.2, -0.15) is 0 Å². The molecule has 102 valence electrons. The number of piperidine rings is 1. The minimum atomic E-state index is 0.532. The Morgan fingerprint density at radius 1 is 1.37 bits per heavy atom. The summed E-state index contributed by atoms with van der Waals surface area (Å²) in [6, 6.07) is 0.532. The smallest absolute Gasteiger partial charge is 0.138 e. The second kappa shape index (κ2) is 5.43. The van der Waals surface area contributed by atoms with Crippen molar-refractivity contribution in [1.82, 2.24) is 15.3 Å². The average Bonchev–Trinajstić information content (AvgIpc) is 2.76. The van der Waals surface area contributed by atoms with Crippen LogP contribution in [0.4, 0.5) is 5.82 Å². The zero-order valence-electron chi connectivity index (χ0n) is 11.5. The summed E-state index contributed by atoms with van der Waals surface area (Å²) in [7, 11) is 0. The Kier molecular flexibility index (Phi) is 3.66. The van der Waals surface area contributed by atoms with Crippen LogP contribution in [0, 0.1) is 6.92 Å². The van der Waals surface area contributed by atoms with E-state index in [2.05, 4.69) is 34.4 Å². The fraction of sp³-hybridized carbons (Fsp3) is 0.571. The van der Waals surface area contributed by atoms with Crippen molar-refractivity contribution in [3.8, 4) is 0 Å². The first-order chi connectivity index (χ1) is 9.29. The third-order valence-electron chi connectivity index (χ3n) is 3.82.